The van der Waals surface area contributed by atoms with Crippen molar-refractivity contribution in [2.24, 2.45) is 0 Å². The van der Waals surface area contributed by atoms with Gasteiger partial charge in [0.2, 0.25) is 5.89 Å². The number of halogens is 2. The molecule has 1 aliphatic carbocycles. The zero-order valence-electron chi connectivity index (χ0n) is 19.0. The Kier molecular flexibility index (Phi) is 5.99. The van der Waals surface area contributed by atoms with E-state index in [0.717, 1.165) is 28.0 Å². The summed E-state index contributed by atoms with van der Waals surface area (Å²) >= 11 is 10.2. The van der Waals surface area contributed by atoms with Gasteiger partial charge in [0.15, 0.2) is 5.69 Å². The van der Waals surface area contributed by atoms with Crippen LogP contribution in [0.5, 0.6) is 0 Å². The Morgan fingerprint density at radius 1 is 1.21 bits per heavy atom. The highest BCUT2D eigenvalue weighted by Crippen LogP contribution is 2.38. The summed E-state index contributed by atoms with van der Waals surface area (Å²) in [4.78, 5) is 9.14. The summed E-state index contributed by atoms with van der Waals surface area (Å²) in [5, 5.41) is 13.6. The highest BCUT2D eigenvalue weighted by molar-refractivity contribution is 9.11. The van der Waals surface area contributed by atoms with Gasteiger partial charge in [-0.2, -0.15) is 5.10 Å². The van der Waals surface area contributed by atoms with E-state index >= 15 is 0 Å². The second-order valence-electron chi connectivity index (χ2n) is 9.09. The summed E-state index contributed by atoms with van der Waals surface area (Å²) in [6, 6.07) is 7.71. The lowest BCUT2D eigenvalue weighted by molar-refractivity contribution is 0.398. The molecule has 4 aromatic rings. The maximum atomic E-state index is 6.64. The monoisotopic (exact) mass is 539 g/mol. The van der Waals surface area contributed by atoms with Crippen molar-refractivity contribution in [2.45, 2.75) is 45.2 Å². The van der Waals surface area contributed by atoms with Gasteiger partial charge in [0.05, 0.1) is 23.3 Å². The van der Waals surface area contributed by atoms with Crippen LogP contribution in [0.2, 0.25) is 5.02 Å². The topological polar surface area (TPSA) is 87.5 Å². The molecule has 34 heavy (non-hydrogen) atoms. The van der Waals surface area contributed by atoms with Crippen molar-refractivity contribution in [2.75, 3.05) is 0 Å². The van der Waals surface area contributed by atoms with E-state index < -0.39 is 0 Å². The Balaban J connectivity index is 1.75. The van der Waals surface area contributed by atoms with Gasteiger partial charge in [0, 0.05) is 15.5 Å². The number of hydrogen-bond donors (Lipinski definition) is 0. The van der Waals surface area contributed by atoms with Crippen LogP contribution in [-0.4, -0.2) is 34.5 Å². The summed E-state index contributed by atoms with van der Waals surface area (Å²) in [5.74, 6) is 1.64. The minimum atomic E-state index is -0.283. The van der Waals surface area contributed by atoms with Gasteiger partial charge in [0.1, 0.15) is 18.5 Å². The molecule has 0 bridgehead atoms. The molecule has 0 saturated heterocycles. The average molecular weight is 541 g/mol. The van der Waals surface area contributed by atoms with Crippen LogP contribution in [0.3, 0.4) is 0 Å². The fraction of sp³-hybridized carbons (Fsp3) is 0.292. The van der Waals surface area contributed by atoms with E-state index in [-0.39, 0.29) is 11.5 Å². The van der Waals surface area contributed by atoms with Gasteiger partial charge < -0.3 is 8.98 Å². The molecule has 0 N–H and O–H groups in total. The van der Waals surface area contributed by atoms with Gasteiger partial charge in [0.25, 0.3) is 5.89 Å². The lowest BCUT2D eigenvalue weighted by Crippen LogP contribution is -2.15. The molecule has 0 spiro atoms. The van der Waals surface area contributed by atoms with Crippen LogP contribution in [0.15, 0.2) is 64.0 Å². The normalized spacial score (nSPS) is 16.1. The zero-order valence-corrected chi connectivity index (χ0v) is 21.3. The van der Waals surface area contributed by atoms with Crippen molar-refractivity contribution in [1.82, 2.24) is 34.5 Å². The molecule has 3 aromatic heterocycles. The summed E-state index contributed by atoms with van der Waals surface area (Å²) in [7, 11) is 0. The van der Waals surface area contributed by atoms with E-state index in [1.54, 1.807) is 11.0 Å². The number of allylic oxidation sites excluding steroid dienone is 4. The number of hydrogen-bond acceptors (Lipinski definition) is 6. The molecule has 10 heteroatoms. The van der Waals surface area contributed by atoms with Crippen molar-refractivity contribution in [3.63, 3.8) is 0 Å². The van der Waals surface area contributed by atoms with Crippen molar-refractivity contribution < 1.29 is 4.42 Å². The fourth-order valence-electron chi connectivity index (χ4n) is 3.84. The van der Waals surface area contributed by atoms with E-state index in [9.17, 15) is 0 Å². The molecule has 1 aromatic carbocycles. The molecule has 3 heterocycles. The Morgan fingerprint density at radius 2 is 2.03 bits per heavy atom. The van der Waals surface area contributed by atoms with Gasteiger partial charge in [-0.05, 0) is 18.6 Å². The maximum absolute atomic E-state index is 6.64. The molecule has 5 rings (SSSR count). The Bertz CT molecular complexity index is 1380. The number of imidazole rings is 1. The summed E-state index contributed by atoms with van der Waals surface area (Å²) in [6.45, 7) is 6.53. The molecular weight excluding hydrogens is 518 g/mol. The summed E-state index contributed by atoms with van der Waals surface area (Å²) in [6.07, 6.45) is 10.3. The number of aromatic nitrogens is 7. The van der Waals surface area contributed by atoms with Gasteiger partial charge in [-0.15, -0.1) is 10.2 Å². The summed E-state index contributed by atoms with van der Waals surface area (Å²) in [5.41, 5.74) is 2.03. The van der Waals surface area contributed by atoms with Crippen LogP contribution in [0.4, 0.5) is 0 Å². The van der Waals surface area contributed by atoms with E-state index in [4.69, 9.17) is 21.0 Å². The van der Waals surface area contributed by atoms with Crippen molar-refractivity contribution in [3.8, 4) is 23.0 Å². The van der Waals surface area contributed by atoms with Crippen LogP contribution < -0.4 is 0 Å². The third-order valence-electron chi connectivity index (χ3n) is 5.54. The third kappa shape index (κ3) is 4.37. The number of benzene rings is 1. The standard InChI is InChI=1S/C24H23BrClN7O/c1-24(2,3)23-31-30-22(34-23)20-19(12-32-14-27-13-28-32)33(16-10-8-15(25)9-11-16)21(29-20)17-6-4-5-7-18(17)26/h4-10,13-14,16H,11-12H2,1-3H3. The van der Waals surface area contributed by atoms with E-state index in [2.05, 4.69) is 52.9 Å². The highest BCUT2D eigenvalue weighted by atomic mass is 79.9. The predicted octanol–water partition coefficient (Wildman–Crippen LogP) is 5.97. The molecule has 174 valence electrons. The molecule has 1 unspecified atom stereocenters. The van der Waals surface area contributed by atoms with Gasteiger partial charge >= 0.3 is 0 Å². The minimum absolute atomic E-state index is 0.0114. The molecule has 0 saturated carbocycles. The Hall–Kier alpha value is -3.04. The van der Waals surface area contributed by atoms with Crippen LogP contribution in [0.1, 0.15) is 44.8 Å². The van der Waals surface area contributed by atoms with Crippen LogP contribution in [0, 0.1) is 0 Å². The molecule has 1 aliphatic rings. The molecular formula is C24H23BrClN7O. The first-order valence-electron chi connectivity index (χ1n) is 10.9. The lowest BCUT2D eigenvalue weighted by Gasteiger charge is -2.22. The third-order valence-corrected chi connectivity index (χ3v) is 6.45. The number of nitrogens with zero attached hydrogens (tertiary/aromatic N) is 7. The first-order chi connectivity index (χ1) is 16.3. The van der Waals surface area contributed by atoms with Crippen molar-refractivity contribution >= 4 is 27.5 Å². The number of rotatable bonds is 5. The highest BCUT2D eigenvalue weighted by Gasteiger charge is 2.30. The van der Waals surface area contributed by atoms with Crippen LogP contribution in [-0.2, 0) is 12.0 Å². The molecule has 0 fully saturated rings. The minimum Gasteiger partial charge on any atom is -0.419 e. The molecule has 0 radical (unpaired) electrons. The first kappa shape index (κ1) is 22.7. The largest absolute Gasteiger partial charge is 0.419 e. The van der Waals surface area contributed by atoms with Crippen LogP contribution >= 0.6 is 27.5 Å². The van der Waals surface area contributed by atoms with Gasteiger partial charge in [-0.3, -0.25) is 0 Å². The van der Waals surface area contributed by atoms with Crippen LogP contribution in [0.25, 0.3) is 23.0 Å². The summed E-state index contributed by atoms with van der Waals surface area (Å²) < 4.78 is 11.1. The quantitative estimate of drug-likeness (QED) is 0.310. The van der Waals surface area contributed by atoms with E-state index in [0.29, 0.717) is 29.0 Å². The SMILES string of the molecule is CC(C)(C)c1nnc(-c2nc(-c3ccccc3Cl)n(C3C=CC(Br)=CC3)c2Cn2cncn2)o1. The smallest absolute Gasteiger partial charge is 0.268 e. The lowest BCUT2D eigenvalue weighted by atomic mass is 9.97. The predicted molar refractivity (Wildman–Crippen MR) is 134 cm³/mol. The van der Waals surface area contributed by atoms with Gasteiger partial charge in [-0.1, -0.05) is 78.7 Å². The molecule has 0 amide bonds. The molecule has 0 aliphatic heterocycles. The van der Waals surface area contributed by atoms with Gasteiger partial charge in [-0.25, -0.2) is 14.6 Å². The average Bonchev–Trinajstić information content (AvgIpc) is 3.55. The Labute approximate surface area is 210 Å². The maximum Gasteiger partial charge on any atom is 0.268 e. The van der Waals surface area contributed by atoms with Crippen molar-refractivity contribution in [3.05, 3.63) is 76.2 Å². The van der Waals surface area contributed by atoms with E-state index in [1.807, 2.05) is 51.1 Å². The second kappa shape index (κ2) is 8.96. The first-order valence-corrected chi connectivity index (χ1v) is 12.0. The van der Waals surface area contributed by atoms with Crippen molar-refractivity contribution in [1.29, 1.82) is 0 Å². The molecule has 8 nitrogen and oxygen atoms in total. The molecule has 1 atom stereocenters. The van der Waals surface area contributed by atoms with E-state index in [1.165, 1.54) is 6.33 Å². The Morgan fingerprint density at radius 3 is 2.68 bits per heavy atom. The second-order valence-corrected chi connectivity index (χ2v) is 10.4. The zero-order chi connectivity index (χ0) is 23.9. The fourth-order valence-corrected chi connectivity index (χ4v) is 4.40.